The molecule has 22 heavy (non-hydrogen) atoms. The van der Waals surface area contributed by atoms with E-state index >= 15 is 0 Å². The minimum Gasteiger partial charge on any atom is -0.478 e. The van der Waals surface area contributed by atoms with E-state index in [1.54, 1.807) is 0 Å². The maximum Gasteiger partial charge on any atom is 0.357 e. The Kier molecular flexibility index (Phi) is 6.70. The summed E-state index contributed by atoms with van der Waals surface area (Å²) in [6.07, 6.45) is 0.132. The number of hydrogen-bond acceptors (Lipinski definition) is 5. The second-order valence-corrected chi connectivity index (χ2v) is 5.66. The highest BCUT2D eigenvalue weighted by molar-refractivity contribution is 7.80. The van der Waals surface area contributed by atoms with Crippen LogP contribution in [0.15, 0.2) is 24.3 Å². The van der Waals surface area contributed by atoms with Gasteiger partial charge in [0.25, 0.3) is 0 Å². The third-order valence-electron chi connectivity index (χ3n) is 3.11. The average molecular weight is 326 g/mol. The van der Waals surface area contributed by atoms with Gasteiger partial charge in [0.15, 0.2) is 0 Å². The molecule has 6 nitrogen and oxygen atoms in total. The minimum absolute atomic E-state index is 0.0810. The summed E-state index contributed by atoms with van der Waals surface area (Å²) in [6.45, 7) is 1.40. The van der Waals surface area contributed by atoms with Crippen LogP contribution in [0.1, 0.15) is 18.9 Å². The first-order valence-corrected chi connectivity index (χ1v) is 7.47. The third-order valence-corrected chi connectivity index (χ3v) is 3.33. The summed E-state index contributed by atoms with van der Waals surface area (Å²) in [6, 6.07) is 7.53. The number of rotatable bonds is 8. The standard InChI is InChI=1S/C15H22N2O4S/c1-15(14(19)20,16-13(18)8-9-22)21-10-11-4-6-12(7-5-11)17(2)3/h4-7,22H,8-10H2,1-3H3,(H,16,18)(H,19,20). The summed E-state index contributed by atoms with van der Waals surface area (Å²) in [4.78, 5) is 24.9. The van der Waals surface area contributed by atoms with Gasteiger partial charge in [-0.3, -0.25) is 4.79 Å². The zero-order chi connectivity index (χ0) is 16.8. The second-order valence-electron chi connectivity index (χ2n) is 5.21. The van der Waals surface area contributed by atoms with Crippen molar-refractivity contribution in [1.29, 1.82) is 0 Å². The van der Waals surface area contributed by atoms with E-state index in [2.05, 4.69) is 17.9 Å². The molecule has 1 aromatic carbocycles. The number of thiol groups is 1. The molecule has 0 saturated carbocycles. The molecule has 0 saturated heterocycles. The molecule has 2 N–H and O–H groups in total. The van der Waals surface area contributed by atoms with Crippen LogP contribution in [0.25, 0.3) is 0 Å². The summed E-state index contributed by atoms with van der Waals surface area (Å²) in [7, 11) is 3.87. The molecule has 0 fully saturated rings. The topological polar surface area (TPSA) is 78.9 Å². The number of benzene rings is 1. The Morgan fingerprint density at radius 1 is 1.32 bits per heavy atom. The predicted molar refractivity (Wildman–Crippen MR) is 88.2 cm³/mol. The Balaban J connectivity index is 2.71. The number of carbonyl (C=O) groups is 2. The Bertz CT molecular complexity index is 519. The first kappa shape index (κ1) is 18.3. The fourth-order valence-corrected chi connectivity index (χ4v) is 1.90. The largest absolute Gasteiger partial charge is 0.478 e. The zero-order valence-electron chi connectivity index (χ0n) is 13.0. The lowest BCUT2D eigenvalue weighted by Gasteiger charge is -2.26. The van der Waals surface area contributed by atoms with Gasteiger partial charge in [-0.05, 0) is 30.4 Å². The van der Waals surface area contributed by atoms with Crippen LogP contribution in [0, 0.1) is 0 Å². The summed E-state index contributed by atoms with van der Waals surface area (Å²) in [5.41, 5.74) is 0.0913. The van der Waals surface area contributed by atoms with Gasteiger partial charge in [-0.15, -0.1) is 0 Å². The molecule has 7 heteroatoms. The van der Waals surface area contributed by atoms with Gasteiger partial charge >= 0.3 is 5.97 Å². The number of carboxylic acid groups (broad SMARTS) is 1. The molecule has 122 valence electrons. The minimum atomic E-state index is -1.76. The third kappa shape index (κ3) is 5.23. The van der Waals surface area contributed by atoms with E-state index in [4.69, 9.17) is 4.74 Å². The molecule has 1 amide bonds. The highest BCUT2D eigenvalue weighted by atomic mass is 32.1. The number of hydrogen-bond donors (Lipinski definition) is 3. The van der Waals surface area contributed by atoms with Crippen LogP contribution in [0.3, 0.4) is 0 Å². The first-order chi connectivity index (χ1) is 10.3. The molecule has 1 unspecified atom stereocenters. The Morgan fingerprint density at radius 3 is 2.36 bits per heavy atom. The quantitative estimate of drug-likeness (QED) is 0.498. The van der Waals surface area contributed by atoms with Gasteiger partial charge in [0.1, 0.15) is 0 Å². The predicted octanol–water partition coefficient (Wildman–Crippen LogP) is 1.51. The molecule has 0 heterocycles. The van der Waals surface area contributed by atoms with Crippen LogP contribution < -0.4 is 10.2 Å². The van der Waals surface area contributed by atoms with E-state index < -0.39 is 17.6 Å². The Labute approximate surface area is 135 Å². The maximum absolute atomic E-state index is 11.6. The van der Waals surface area contributed by atoms with Crippen molar-refractivity contribution in [1.82, 2.24) is 5.32 Å². The molecule has 1 rings (SSSR count). The second kappa shape index (κ2) is 8.05. The van der Waals surface area contributed by atoms with E-state index in [0.29, 0.717) is 5.75 Å². The molecular weight excluding hydrogens is 304 g/mol. The molecule has 0 aromatic heterocycles. The molecule has 0 aliphatic heterocycles. The lowest BCUT2D eigenvalue weighted by Crippen LogP contribution is -2.54. The maximum atomic E-state index is 11.6. The van der Waals surface area contributed by atoms with Crippen molar-refractivity contribution in [3.63, 3.8) is 0 Å². The van der Waals surface area contributed by atoms with Crippen molar-refractivity contribution >= 4 is 30.2 Å². The summed E-state index contributed by atoms with van der Waals surface area (Å²) >= 11 is 3.94. The van der Waals surface area contributed by atoms with Crippen LogP contribution in [0.5, 0.6) is 0 Å². The summed E-state index contributed by atoms with van der Waals surface area (Å²) < 4.78 is 5.42. The smallest absolute Gasteiger partial charge is 0.357 e. The molecule has 0 aliphatic rings. The summed E-state index contributed by atoms with van der Waals surface area (Å²) in [5.74, 6) is -1.32. The molecule has 1 aromatic rings. The Hall–Kier alpha value is -1.73. The van der Waals surface area contributed by atoms with Crippen molar-refractivity contribution in [2.75, 3.05) is 24.7 Å². The van der Waals surface area contributed by atoms with Crippen molar-refractivity contribution in [2.45, 2.75) is 25.7 Å². The SMILES string of the molecule is CN(C)c1ccc(COC(C)(NC(=O)CCS)C(=O)O)cc1. The van der Waals surface area contributed by atoms with Crippen LogP contribution in [0.4, 0.5) is 5.69 Å². The lowest BCUT2D eigenvalue weighted by atomic mass is 10.2. The van der Waals surface area contributed by atoms with Crippen LogP contribution in [-0.4, -0.2) is 42.6 Å². The molecule has 0 bridgehead atoms. The fourth-order valence-electron chi connectivity index (χ4n) is 1.70. The highest BCUT2D eigenvalue weighted by Crippen LogP contribution is 2.16. The number of nitrogens with zero attached hydrogens (tertiary/aromatic N) is 1. The number of amides is 1. The van der Waals surface area contributed by atoms with Crippen LogP contribution >= 0.6 is 12.6 Å². The van der Waals surface area contributed by atoms with Crippen LogP contribution in [0.2, 0.25) is 0 Å². The monoisotopic (exact) mass is 326 g/mol. The van der Waals surface area contributed by atoms with E-state index in [0.717, 1.165) is 11.3 Å². The fraction of sp³-hybridized carbons (Fsp3) is 0.467. The van der Waals surface area contributed by atoms with E-state index in [9.17, 15) is 14.7 Å². The molecular formula is C15H22N2O4S. The van der Waals surface area contributed by atoms with Gasteiger partial charge in [0.2, 0.25) is 11.6 Å². The number of carboxylic acids is 1. The van der Waals surface area contributed by atoms with E-state index in [1.165, 1.54) is 6.92 Å². The van der Waals surface area contributed by atoms with Crippen LogP contribution in [-0.2, 0) is 20.9 Å². The number of anilines is 1. The van der Waals surface area contributed by atoms with Gasteiger partial charge in [-0.2, -0.15) is 12.6 Å². The Morgan fingerprint density at radius 2 is 1.91 bits per heavy atom. The van der Waals surface area contributed by atoms with Crippen molar-refractivity contribution in [3.8, 4) is 0 Å². The number of ether oxygens (including phenoxy) is 1. The van der Waals surface area contributed by atoms with Gasteiger partial charge < -0.3 is 20.1 Å². The van der Waals surface area contributed by atoms with Gasteiger partial charge in [0, 0.05) is 26.2 Å². The van der Waals surface area contributed by atoms with E-state index in [1.807, 2.05) is 43.3 Å². The number of carbonyl (C=O) groups excluding carboxylic acids is 1. The van der Waals surface area contributed by atoms with Gasteiger partial charge in [-0.1, -0.05) is 12.1 Å². The molecule has 1 atom stereocenters. The normalized spacial score (nSPS) is 13.3. The van der Waals surface area contributed by atoms with Crippen molar-refractivity contribution in [2.24, 2.45) is 0 Å². The highest BCUT2D eigenvalue weighted by Gasteiger charge is 2.35. The average Bonchev–Trinajstić information content (AvgIpc) is 2.45. The number of aliphatic carboxylic acids is 1. The summed E-state index contributed by atoms with van der Waals surface area (Å²) in [5, 5.41) is 11.7. The van der Waals surface area contributed by atoms with Gasteiger partial charge in [0.05, 0.1) is 6.61 Å². The zero-order valence-corrected chi connectivity index (χ0v) is 13.9. The molecule has 0 radical (unpaired) electrons. The first-order valence-electron chi connectivity index (χ1n) is 6.84. The molecule has 0 spiro atoms. The van der Waals surface area contributed by atoms with Crippen molar-refractivity contribution in [3.05, 3.63) is 29.8 Å². The lowest BCUT2D eigenvalue weighted by molar-refractivity contribution is -0.173. The van der Waals surface area contributed by atoms with Crippen molar-refractivity contribution < 1.29 is 19.4 Å². The van der Waals surface area contributed by atoms with E-state index in [-0.39, 0.29) is 13.0 Å². The number of nitrogens with one attached hydrogen (secondary N) is 1. The van der Waals surface area contributed by atoms with Gasteiger partial charge in [-0.25, -0.2) is 4.79 Å². The molecule has 0 aliphatic carbocycles.